The van der Waals surface area contributed by atoms with Crippen LogP contribution in [0.5, 0.6) is 5.75 Å². The molecule has 1 aromatic heterocycles. The number of amides is 2. The van der Waals surface area contributed by atoms with Gasteiger partial charge in [0.05, 0.1) is 35.5 Å². The minimum Gasteiger partial charge on any atom is -0.493 e. The van der Waals surface area contributed by atoms with E-state index in [-0.39, 0.29) is 18.1 Å². The molecule has 2 amide bonds. The summed E-state index contributed by atoms with van der Waals surface area (Å²) in [5.41, 5.74) is 2.14. The molecule has 0 unspecified atom stereocenters. The van der Waals surface area contributed by atoms with Crippen LogP contribution < -0.4 is 15.0 Å². The molecule has 0 saturated carbocycles. The van der Waals surface area contributed by atoms with Gasteiger partial charge in [0, 0.05) is 25.1 Å². The Morgan fingerprint density at radius 1 is 1.48 bits per heavy atom. The van der Waals surface area contributed by atoms with E-state index in [1.165, 1.54) is 0 Å². The van der Waals surface area contributed by atoms with E-state index in [1.54, 1.807) is 11.3 Å². The summed E-state index contributed by atoms with van der Waals surface area (Å²) >= 11 is 1.57. The number of carbonyl (C=O) groups is 1. The number of carbonyl (C=O) groups excluding carboxylic acids is 1. The van der Waals surface area contributed by atoms with E-state index in [0.717, 1.165) is 52.6 Å². The third-order valence-corrected chi connectivity index (χ3v) is 6.29. The smallest absolute Gasteiger partial charge is 0.324 e. The fourth-order valence-electron chi connectivity index (χ4n) is 4.07. The van der Waals surface area contributed by atoms with Crippen molar-refractivity contribution in [2.75, 3.05) is 31.1 Å². The number of hydrogen-bond acceptors (Lipinski definition) is 5. The molecule has 0 bridgehead atoms. The normalized spacial score (nSPS) is 25.4. The van der Waals surface area contributed by atoms with Crippen LogP contribution in [0, 0.1) is 12.3 Å². The molecule has 2 aromatic rings. The molecule has 2 atom stereocenters. The molecule has 1 N–H and O–H groups in total. The van der Waals surface area contributed by atoms with Crippen LogP contribution in [0.1, 0.15) is 12.0 Å². The van der Waals surface area contributed by atoms with Crippen LogP contribution in [0.2, 0.25) is 0 Å². The van der Waals surface area contributed by atoms with E-state index in [9.17, 15) is 4.79 Å². The number of likely N-dealkylation sites (tertiary alicyclic amines) is 1. The number of benzene rings is 1. The predicted molar refractivity (Wildman–Crippen MR) is 97.3 cm³/mol. The molecule has 0 spiro atoms. The number of anilines is 1. The summed E-state index contributed by atoms with van der Waals surface area (Å²) in [7, 11) is 0. The Morgan fingerprint density at radius 2 is 2.40 bits per heavy atom. The van der Waals surface area contributed by atoms with Gasteiger partial charge in [0.1, 0.15) is 5.75 Å². The van der Waals surface area contributed by atoms with E-state index in [1.807, 2.05) is 17.0 Å². The second-order valence-electron chi connectivity index (χ2n) is 6.71. The van der Waals surface area contributed by atoms with Gasteiger partial charge in [-0.3, -0.25) is 9.80 Å². The zero-order chi connectivity index (χ0) is 17.0. The van der Waals surface area contributed by atoms with E-state index in [2.05, 4.69) is 16.1 Å². The fourth-order valence-corrected chi connectivity index (χ4v) is 5.12. The zero-order valence-electron chi connectivity index (χ0n) is 13.7. The van der Waals surface area contributed by atoms with Crippen molar-refractivity contribution in [3.8, 4) is 18.1 Å². The second-order valence-corrected chi connectivity index (χ2v) is 7.71. The van der Waals surface area contributed by atoms with Crippen LogP contribution >= 0.6 is 11.3 Å². The van der Waals surface area contributed by atoms with Crippen molar-refractivity contribution in [1.82, 2.24) is 15.2 Å². The van der Waals surface area contributed by atoms with Crippen LogP contribution in [0.4, 0.5) is 9.93 Å². The maximum Gasteiger partial charge on any atom is 0.324 e. The van der Waals surface area contributed by atoms with Crippen molar-refractivity contribution >= 4 is 32.7 Å². The molecule has 6 nitrogen and oxygen atoms in total. The molecule has 5 rings (SSSR count). The Hall–Kier alpha value is -2.30. The molecular weight excluding hydrogens is 336 g/mol. The molecule has 1 aromatic carbocycles. The van der Waals surface area contributed by atoms with Gasteiger partial charge in [-0.2, -0.15) is 0 Å². The summed E-state index contributed by atoms with van der Waals surface area (Å²) < 4.78 is 6.74. The molecule has 4 heterocycles. The lowest BCUT2D eigenvalue weighted by Gasteiger charge is -2.35. The number of nitrogens with one attached hydrogen (secondary N) is 1. The molecule has 128 valence electrons. The summed E-state index contributed by atoms with van der Waals surface area (Å²) in [5.74, 6) is 3.63. The minimum atomic E-state index is -0.0514. The van der Waals surface area contributed by atoms with Crippen LogP contribution in [-0.4, -0.2) is 54.2 Å². The largest absolute Gasteiger partial charge is 0.493 e. The molecule has 3 aliphatic heterocycles. The van der Waals surface area contributed by atoms with Crippen molar-refractivity contribution in [2.24, 2.45) is 0 Å². The Morgan fingerprint density at radius 3 is 3.28 bits per heavy atom. The van der Waals surface area contributed by atoms with Crippen LogP contribution in [0.3, 0.4) is 0 Å². The number of piperidine rings is 1. The lowest BCUT2D eigenvalue weighted by molar-refractivity contribution is 0.216. The highest BCUT2D eigenvalue weighted by Gasteiger charge is 2.44. The lowest BCUT2D eigenvalue weighted by atomic mass is 10.0. The number of hydrogen-bond donors (Lipinski definition) is 1. The molecule has 0 aliphatic carbocycles. The first-order chi connectivity index (χ1) is 12.2. The molecule has 0 radical (unpaired) electrons. The lowest BCUT2D eigenvalue weighted by Crippen LogP contribution is -2.51. The van der Waals surface area contributed by atoms with Crippen molar-refractivity contribution in [1.29, 1.82) is 0 Å². The van der Waals surface area contributed by atoms with Gasteiger partial charge in [0.25, 0.3) is 0 Å². The highest BCUT2D eigenvalue weighted by atomic mass is 32.1. The van der Waals surface area contributed by atoms with Gasteiger partial charge in [0.2, 0.25) is 0 Å². The second kappa shape index (κ2) is 5.61. The predicted octanol–water partition coefficient (Wildman–Crippen LogP) is 1.84. The number of aromatic nitrogens is 1. The third kappa shape index (κ3) is 2.29. The zero-order valence-corrected chi connectivity index (χ0v) is 14.5. The average molecular weight is 354 g/mol. The summed E-state index contributed by atoms with van der Waals surface area (Å²) in [4.78, 5) is 21.5. The average Bonchev–Trinajstić information content (AvgIpc) is 3.28. The number of urea groups is 1. The Labute approximate surface area is 149 Å². The number of nitrogens with zero attached hydrogens (tertiary/aromatic N) is 3. The third-order valence-electron chi connectivity index (χ3n) is 5.27. The van der Waals surface area contributed by atoms with Crippen molar-refractivity contribution in [2.45, 2.75) is 24.9 Å². The van der Waals surface area contributed by atoms with Crippen LogP contribution in [-0.2, 0) is 6.42 Å². The first-order valence-electron chi connectivity index (χ1n) is 8.55. The maximum atomic E-state index is 12.6. The van der Waals surface area contributed by atoms with Gasteiger partial charge in [0.15, 0.2) is 5.13 Å². The first kappa shape index (κ1) is 15.0. The SMILES string of the molecule is C#CCN1CC[C@H]2NC(=O)N(c3nc4c5c(ccc4s3)OCC5)[C@H]2C1. The van der Waals surface area contributed by atoms with E-state index < -0.39 is 0 Å². The fraction of sp³-hybridized carbons (Fsp3) is 0.444. The summed E-state index contributed by atoms with van der Waals surface area (Å²) in [6.07, 6.45) is 7.26. The Bertz CT molecular complexity index is 902. The molecule has 7 heteroatoms. The van der Waals surface area contributed by atoms with Crippen molar-refractivity contribution < 1.29 is 9.53 Å². The van der Waals surface area contributed by atoms with Gasteiger partial charge in [-0.15, -0.1) is 6.42 Å². The monoisotopic (exact) mass is 354 g/mol. The molecule has 3 aliphatic rings. The Balaban J connectivity index is 1.52. The number of thiazole rings is 1. The summed E-state index contributed by atoms with van der Waals surface area (Å²) in [6.45, 7) is 3.03. The van der Waals surface area contributed by atoms with Gasteiger partial charge >= 0.3 is 6.03 Å². The van der Waals surface area contributed by atoms with Crippen molar-refractivity contribution in [3.63, 3.8) is 0 Å². The van der Waals surface area contributed by atoms with Crippen LogP contribution in [0.15, 0.2) is 12.1 Å². The number of terminal acetylenes is 1. The van der Waals surface area contributed by atoms with Gasteiger partial charge in [-0.25, -0.2) is 9.78 Å². The van der Waals surface area contributed by atoms with E-state index >= 15 is 0 Å². The molecule has 2 saturated heterocycles. The summed E-state index contributed by atoms with van der Waals surface area (Å²) in [6, 6.07) is 4.25. The van der Waals surface area contributed by atoms with Crippen LogP contribution in [0.25, 0.3) is 10.2 Å². The quantitative estimate of drug-likeness (QED) is 0.836. The maximum absolute atomic E-state index is 12.6. The van der Waals surface area contributed by atoms with Gasteiger partial charge < -0.3 is 10.1 Å². The summed E-state index contributed by atoms with van der Waals surface area (Å²) in [5, 5.41) is 3.88. The number of fused-ring (bicyclic) bond motifs is 4. The van der Waals surface area contributed by atoms with Gasteiger partial charge in [-0.05, 0) is 18.6 Å². The first-order valence-corrected chi connectivity index (χ1v) is 9.37. The standard InChI is InChI=1S/C18H18N4O2S/c1-2-7-21-8-5-12-13(10-21)22(17(23)19-12)18-20-16-11-6-9-24-14(11)3-4-15(16)25-18/h1,3-4,12-13H,5-10H2,(H,19,23)/t12-,13+/m1/s1. The molecule has 25 heavy (non-hydrogen) atoms. The van der Waals surface area contributed by atoms with Crippen molar-refractivity contribution in [3.05, 3.63) is 17.7 Å². The molecular formula is C18H18N4O2S. The number of ether oxygens (including phenoxy) is 1. The number of rotatable bonds is 2. The van der Waals surface area contributed by atoms with Gasteiger partial charge in [-0.1, -0.05) is 17.3 Å². The highest BCUT2D eigenvalue weighted by molar-refractivity contribution is 7.22. The Kier molecular flexibility index (Phi) is 3.37. The topological polar surface area (TPSA) is 57.7 Å². The minimum absolute atomic E-state index is 0.0514. The highest BCUT2D eigenvalue weighted by Crippen LogP contribution is 2.39. The van der Waals surface area contributed by atoms with E-state index in [4.69, 9.17) is 16.1 Å². The van der Waals surface area contributed by atoms with E-state index in [0.29, 0.717) is 13.2 Å². The molecule has 2 fully saturated rings.